The van der Waals surface area contributed by atoms with E-state index >= 15 is 0 Å². The van der Waals surface area contributed by atoms with Crippen molar-refractivity contribution in [1.82, 2.24) is 4.98 Å². The van der Waals surface area contributed by atoms with Crippen molar-refractivity contribution in [3.05, 3.63) is 42.6 Å². The summed E-state index contributed by atoms with van der Waals surface area (Å²) in [5.74, 6) is 0.681. The van der Waals surface area contributed by atoms with Gasteiger partial charge in [-0.05, 0) is 31.2 Å². The summed E-state index contributed by atoms with van der Waals surface area (Å²) < 4.78 is 31.1. The number of rotatable bonds is 6. The Balaban J connectivity index is 1.74. The van der Waals surface area contributed by atoms with Crippen molar-refractivity contribution >= 4 is 32.9 Å². The number of hydrogen-bond acceptors (Lipinski definition) is 6. The van der Waals surface area contributed by atoms with Crippen LogP contribution < -0.4 is 14.9 Å². The fourth-order valence-corrected chi connectivity index (χ4v) is 3.20. The first-order chi connectivity index (χ1) is 12.1. The third-order valence-electron chi connectivity index (χ3n) is 3.94. The van der Waals surface area contributed by atoms with Gasteiger partial charge >= 0.3 is 0 Å². The Morgan fingerprint density at radius 1 is 1.16 bits per heavy atom. The predicted molar refractivity (Wildman–Crippen MR) is 100 cm³/mol. The van der Waals surface area contributed by atoms with Gasteiger partial charge in [0.05, 0.1) is 42.2 Å². The first-order valence-corrected chi connectivity index (χ1v) is 9.88. The molecule has 25 heavy (non-hydrogen) atoms. The Morgan fingerprint density at radius 2 is 1.92 bits per heavy atom. The van der Waals surface area contributed by atoms with Gasteiger partial charge in [-0.2, -0.15) is 0 Å². The minimum Gasteiger partial charge on any atom is -0.378 e. The molecule has 0 unspecified atom stereocenters. The molecule has 1 aromatic carbocycles. The smallest absolute Gasteiger partial charge is 0.232 e. The normalized spacial score (nSPS) is 15.0. The fraction of sp³-hybridized carbons (Fsp3) is 0.353. The van der Waals surface area contributed by atoms with Crippen molar-refractivity contribution in [2.45, 2.75) is 6.92 Å². The van der Waals surface area contributed by atoms with Crippen LogP contribution in [-0.4, -0.2) is 45.5 Å². The van der Waals surface area contributed by atoms with Gasteiger partial charge in [0.25, 0.3) is 0 Å². The summed E-state index contributed by atoms with van der Waals surface area (Å²) in [6.45, 7) is 4.74. The lowest BCUT2D eigenvalue weighted by Crippen LogP contribution is -2.36. The maximum Gasteiger partial charge on any atom is 0.232 e. The zero-order valence-corrected chi connectivity index (χ0v) is 14.9. The van der Waals surface area contributed by atoms with Crippen LogP contribution in [0, 0.1) is 0 Å². The predicted octanol–water partition coefficient (Wildman–Crippen LogP) is 2.42. The van der Waals surface area contributed by atoms with Crippen molar-refractivity contribution in [2.24, 2.45) is 0 Å². The van der Waals surface area contributed by atoms with Crippen LogP contribution in [0.1, 0.15) is 6.92 Å². The summed E-state index contributed by atoms with van der Waals surface area (Å²) in [7, 11) is -3.29. The molecule has 1 fully saturated rings. The van der Waals surface area contributed by atoms with Crippen molar-refractivity contribution < 1.29 is 13.2 Å². The monoisotopic (exact) mass is 362 g/mol. The highest BCUT2D eigenvalue weighted by atomic mass is 32.2. The molecule has 2 N–H and O–H groups in total. The van der Waals surface area contributed by atoms with Gasteiger partial charge < -0.3 is 15.0 Å². The molecule has 0 spiro atoms. The average Bonchev–Trinajstić information content (AvgIpc) is 2.64. The van der Waals surface area contributed by atoms with E-state index in [4.69, 9.17) is 4.74 Å². The molecule has 0 radical (unpaired) electrons. The molecule has 8 heteroatoms. The van der Waals surface area contributed by atoms with Gasteiger partial charge in [-0.1, -0.05) is 12.1 Å². The molecule has 2 aromatic rings. The highest BCUT2D eigenvalue weighted by Gasteiger charge is 2.14. The number of benzene rings is 1. The van der Waals surface area contributed by atoms with Crippen LogP contribution in [0.3, 0.4) is 0 Å². The van der Waals surface area contributed by atoms with E-state index in [2.05, 4.69) is 26.0 Å². The van der Waals surface area contributed by atoms with Crippen molar-refractivity contribution in [1.29, 1.82) is 0 Å². The Bertz CT molecular complexity index is 803. The fourth-order valence-electron chi connectivity index (χ4n) is 2.58. The number of pyridine rings is 1. The molecule has 0 saturated carbocycles. The topological polar surface area (TPSA) is 83.6 Å². The lowest BCUT2D eigenvalue weighted by Gasteiger charge is -2.30. The first kappa shape index (κ1) is 17.5. The summed E-state index contributed by atoms with van der Waals surface area (Å²) >= 11 is 0. The molecule has 0 aliphatic carbocycles. The number of ether oxygens (including phenoxy) is 1. The Kier molecular flexibility index (Phi) is 5.40. The second kappa shape index (κ2) is 7.71. The Morgan fingerprint density at radius 3 is 2.60 bits per heavy atom. The molecular formula is C17H22N4O3S. The van der Waals surface area contributed by atoms with Crippen LogP contribution in [-0.2, 0) is 14.8 Å². The molecule has 134 valence electrons. The zero-order valence-electron chi connectivity index (χ0n) is 14.1. The summed E-state index contributed by atoms with van der Waals surface area (Å²) in [5, 5.41) is 3.30. The molecule has 1 saturated heterocycles. The summed E-state index contributed by atoms with van der Waals surface area (Å²) in [6.07, 6.45) is 1.51. The van der Waals surface area contributed by atoms with E-state index < -0.39 is 10.0 Å². The van der Waals surface area contributed by atoms with Crippen LogP contribution in [0.5, 0.6) is 0 Å². The minimum absolute atomic E-state index is 0.0277. The van der Waals surface area contributed by atoms with Crippen molar-refractivity contribution in [3.63, 3.8) is 0 Å². The van der Waals surface area contributed by atoms with Crippen LogP contribution in [0.4, 0.5) is 22.9 Å². The van der Waals surface area contributed by atoms with E-state index in [0.717, 1.165) is 37.7 Å². The number of para-hydroxylation sites is 2. The van der Waals surface area contributed by atoms with E-state index in [1.165, 1.54) is 6.20 Å². The molecule has 1 aromatic heterocycles. The van der Waals surface area contributed by atoms with Gasteiger partial charge in [0.1, 0.15) is 5.82 Å². The second-order valence-corrected chi connectivity index (χ2v) is 7.69. The molecule has 7 nitrogen and oxygen atoms in total. The maximum absolute atomic E-state index is 11.6. The van der Waals surface area contributed by atoms with E-state index in [9.17, 15) is 8.42 Å². The molecule has 0 amide bonds. The van der Waals surface area contributed by atoms with Gasteiger partial charge in [0.15, 0.2) is 0 Å². The highest BCUT2D eigenvalue weighted by molar-refractivity contribution is 7.92. The number of nitrogens with one attached hydrogen (secondary N) is 2. The van der Waals surface area contributed by atoms with Gasteiger partial charge in [0.2, 0.25) is 10.0 Å². The quantitative estimate of drug-likeness (QED) is 0.821. The minimum atomic E-state index is -3.29. The van der Waals surface area contributed by atoms with Gasteiger partial charge in [-0.25, -0.2) is 13.4 Å². The van der Waals surface area contributed by atoms with Crippen molar-refractivity contribution in [3.8, 4) is 0 Å². The number of morpholine rings is 1. The molecule has 0 bridgehead atoms. The molecular weight excluding hydrogens is 340 g/mol. The number of sulfonamides is 1. The molecule has 0 atom stereocenters. The van der Waals surface area contributed by atoms with Crippen LogP contribution in [0.25, 0.3) is 0 Å². The third-order valence-corrected chi connectivity index (χ3v) is 5.24. The average molecular weight is 362 g/mol. The lowest BCUT2D eigenvalue weighted by molar-refractivity contribution is 0.123. The van der Waals surface area contributed by atoms with Crippen LogP contribution in [0.2, 0.25) is 0 Å². The highest BCUT2D eigenvalue weighted by Crippen LogP contribution is 2.28. The Hall–Kier alpha value is -2.32. The standard InChI is InChI=1S/C17H22N4O3S/c1-2-25(22,23)20-14-7-8-17(18-13-14)19-15-5-3-4-6-16(15)21-9-11-24-12-10-21/h3-8,13,20H,2,9-12H2,1H3,(H,18,19). The molecule has 1 aliphatic heterocycles. The first-order valence-electron chi connectivity index (χ1n) is 8.23. The zero-order chi connectivity index (χ0) is 17.7. The SMILES string of the molecule is CCS(=O)(=O)Nc1ccc(Nc2ccccc2N2CCOCC2)nc1. The molecule has 2 heterocycles. The Labute approximate surface area is 148 Å². The molecule has 3 rings (SSSR count). The number of aromatic nitrogens is 1. The summed E-state index contributed by atoms with van der Waals surface area (Å²) in [4.78, 5) is 6.57. The third kappa shape index (κ3) is 4.61. The van der Waals surface area contributed by atoms with E-state index in [1.54, 1.807) is 19.1 Å². The number of hydrogen-bond donors (Lipinski definition) is 2. The van der Waals surface area contributed by atoms with E-state index in [-0.39, 0.29) is 5.75 Å². The van der Waals surface area contributed by atoms with Gasteiger partial charge in [-0.15, -0.1) is 0 Å². The summed E-state index contributed by atoms with van der Waals surface area (Å²) in [6, 6.07) is 11.5. The lowest BCUT2D eigenvalue weighted by atomic mass is 10.2. The summed E-state index contributed by atoms with van der Waals surface area (Å²) in [5.41, 5.74) is 2.51. The van der Waals surface area contributed by atoms with E-state index in [0.29, 0.717) is 11.5 Å². The van der Waals surface area contributed by atoms with E-state index in [1.807, 2.05) is 18.2 Å². The number of nitrogens with zero attached hydrogens (tertiary/aromatic N) is 2. The largest absolute Gasteiger partial charge is 0.378 e. The van der Waals surface area contributed by atoms with Crippen molar-refractivity contribution in [2.75, 3.05) is 47.0 Å². The van der Waals surface area contributed by atoms with Crippen LogP contribution >= 0.6 is 0 Å². The van der Waals surface area contributed by atoms with Crippen LogP contribution in [0.15, 0.2) is 42.6 Å². The second-order valence-electron chi connectivity index (χ2n) is 5.68. The maximum atomic E-state index is 11.6. The van der Waals surface area contributed by atoms with Gasteiger partial charge in [0, 0.05) is 13.1 Å². The van der Waals surface area contributed by atoms with Gasteiger partial charge in [-0.3, -0.25) is 4.72 Å². The molecule has 1 aliphatic rings. The number of anilines is 4.